The maximum Gasteiger partial charge on any atom is 0.346 e. The first-order chi connectivity index (χ1) is 16.0. The Hall–Kier alpha value is -3.68. The van der Waals surface area contributed by atoms with E-state index in [9.17, 15) is 14.4 Å². The second-order valence-electron chi connectivity index (χ2n) is 8.35. The van der Waals surface area contributed by atoms with Gasteiger partial charge in [-0.2, -0.15) is 5.10 Å². The van der Waals surface area contributed by atoms with Crippen molar-refractivity contribution in [1.29, 1.82) is 0 Å². The van der Waals surface area contributed by atoms with Crippen LogP contribution in [0.2, 0.25) is 0 Å². The van der Waals surface area contributed by atoms with Crippen LogP contribution in [0.4, 0.5) is 5.69 Å². The summed E-state index contributed by atoms with van der Waals surface area (Å²) < 4.78 is 3.30. The van der Waals surface area contributed by atoms with Crippen molar-refractivity contribution in [1.82, 2.24) is 19.2 Å². The number of nitrogens with one attached hydrogen (secondary N) is 1. The Morgan fingerprint density at radius 2 is 1.70 bits per heavy atom. The molecule has 0 atom stereocenters. The van der Waals surface area contributed by atoms with E-state index in [1.54, 1.807) is 33.5 Å². The minimum absolute atomic E-state index is 0.0229. The van der Waals surface area contributed by atoms with E-state index < -0.39 is 0 Å². The van der Waals surface area contributed by atoms with Crippen LogP contribution in [-0.4, -0.2) is 44.2 Å². The second kappa shape index (κ2) is 9.85. The summed E-state index contributed by atoms with van der Waals surface area (Å²) in [5.74, 6) is 0.782. The number of nitrogens with zero attached hydrogens (tertiary/aromatic N) is 4. The van der Waals surface area contributed by atoms with E-state index in [0.717, 1.165) is 24.2 Å². The summed E-state index contributed by atoms with van der Waals surface area (Å²) in [6, 6.07) is 16.8. The van der Waals surface area contributed by atoms with Crippen molar-refractivity contribution < 1.29 is 9.59 Å². The number of piperidine rings is 1. The average Bonchev–Trinajstić information content (AvgIpc) is 3.14. The molecule has 0 aliphatic carbocycles. The standard InChI is InChI=1S/C25H29N5O3/c1-3-29-23(27-30(25(29)33)17-19-7-5-4-6-8-19)20-13-15-28(16-14-20)24(32)21-9-11-22(12-10-21)26-18(2)31/h4-12,20H,3,13-17H2,1-2H3,(H,26,31). The van der Waals surface area contributed by atoms with E-state index in [2.05, 4.69) is 5.32 Å². The second-order valence-corrected chi connectivity index (χ2v) is 8.35. The lowest BCUT2D eigenvalue weighted by molar-refractivity contribution is -0.114. The fourth-order valence-corrected chi connectivity index (χ4v) is 4.34. The summed E-state index contributed by atoms with van der Waals surface area (Å²) in [7, 11) is 0. The molecule has 0 bridgehead atoms. The Kier molecular flexibility index (Phi) is 6.72. The van der Waals surface area contributed by atoms with Crippen LogP contribution in [0.3, 0.4) is 0 Å². The molecule has 0 unspecified atom stereocenters. The van der Waals surface area contributed by atoms with Crippen molar-refractivity contribution in [2.75, 3.05) is 18.4 Å². The molecule has 1 aromatic heterocycles. The van der Waals surface area contributed by atoms with Gasteiger partial charge in [-0.05, 0) is 49.6 Å². The zero-order chi connectivity index (χ0) is 23.4. The van der Waals surface area contributed by atoms with Crippen molar-refractivity contribution in [2.45, 2.75) is 45.7 Å². The molecule has 0 radical (unpaired) electrons. The highest BCUT2D eigenvalue weighted by atomic mass is 16.2. The topological polar surface area (TPSA) is 89.2 Å². The first kappa shape index (κ1) is 22.5. The van der Waals surface area contributed by atoms with Gasteiger partial charge in [0.15, 0.2) is 0 Å². The van der Waals surface area contributed by atoms with Gasteiger partial charge in [0, 0.05) is 43.7 Å². The van der Waals surface area contributed by atoms with Crippen LogP contribution in [0.1, 0.15) is 54.4 Å². The number of rotatable bonds is 6. The monoisotopic (exact) mass is 447 g/mol. The molecule has 33 heavy (non-hydrogen) atoms. The third-order valence-electron chi connectivity index (χ3n) is 6.04. The highest BCUT2D eigenvalue weighted by Crippen LogP contribution is 2.27. The van der Waals surface area contributed by atoms with Crippen LogP contribution in [0.15, 0.2) is 59.4 Å². The maximum atomic E-state index is 12.9. The van der Waals surface area contributed by atoms with E-state index in [0.29, 0.717) is 37.4 Å². The predicted octanol–water partition coefficient (Wildman–Crippen LogP) is 3.09. The molecule has 8 heteroatoms. The van der Waals surface area contributed by atoms with Crippen LogP contribution in [0.25, 0.3) is 0 Å². The molecule has 2 aromatic carbocycles. The number of carbonyl (C=O) groups excluding carboxylic acids is 2. The molecule has 1 saturated heterocycles. The van der Waals surface area contributed by atoms with Gasteiger partial charge in [0.1, 0.15) is 5.82 Å². The fourth-order valence-electron chi connectivity index (χ4n) is 4.34. The summed E-state index contributed by atoms with van der Waals surface area (Å²) in [6.07, 6.45) is 1.52. The first-order valence-corrected chi connectivity index (χ1v) is 11.3. The van der Waals surface area contributed by atoms with E-state index in [1.807, 2.05) is 42.2 Å². The van der Waals surface area contributed by atoms with Gasteiger partial charge in [-0.25, -0.2) is 9.48 Å². The highest BCUT2D eigenvalue weighted by Gasteiger charge is 2.28. The quantitative estimate of drug-likeness (QED) is 0.629. The zero-order valence-electron chi connectivity index (χ0n) is 19.0. The summed E-state index contributed by atoms with van der Waals surface area (Å²) >= 11 is 0. The third-order valence-corrected chi connectivity index (χ3v) is 6.04. The van der Waals surface area contributed by atoms with Crippen LogP contribution in [0, 0.1) is 0 Å². The Labute approximate surface area is 192 Å². The van der Waals surface area contributed by atoms with Gasteiger partial charge < -0.3 is 10.2 Å². The molecular formula is C25H29N5O3. The summed E-state index contributed by atoms with van der Waals surface area (Å²) in [4.78, 5) is 38.8. The molecule has 1 N–H and O–H groups in total. The van der Waals surface area contributed by atoms with E-state index in [1.165, 1.54) is 6.92 Å². The fraction of sp³-hybridized carbons (Fsp3) is 0.360. The molecule has 3 aromatic rings. The Morgan fingerprint density at radius 1 is 1.03 bits per heavy atom. The lowest BCUT2D eigenvalue weighted by atomic mass is 9.95. The Morgan fingerprint density at radius 3 is 2.30 bits per heavy atom. The van der Waals surface area contributed by atoms with Gasteiger partial charge in [0.05, 0.1) is 6.54 Å². The van der Waals surface area contributed by atoms with Gasteiger partial charge in [0.2, 0.25) is 5.91 Å². The molecule has 0 saturated carbocycles. The normalized spacial score (nSPS) is 14.3. The van der Waals surface area contributed by atoms with Crippen molar-refractivity contribution in [2.24, 2.45) is 0 Å². The van der Waals surface area contributed by atoms with Crippen molar-refractivity contribution in [3.63, 3.8) is 0 Å². The smallest absolute Gasteiger partial charge is 0.339 e. The Bertz CT molecular complexity index is 1170. The lowest BCUT2D eigenvalue weighted by Gasteiger charge is -2.31. The van der Waals surface area contributed by atoms with E-state index in [4.69, 9.17) is 5.10 Å². The van der Waals surface area contributed by atoms with Gasteiger partial charge in [-0.1, -0.05) is 30.3 Å². The molecule has 2 heterocycles. The van der Waals surface area contributed by atoms with Gasteiger partial charge in [0.25, 0.3) is 5.91 Å². The zero-order valence-corrected chi connectivity index (χ0v) is 19.0. The third kappa shape index (κ3) is 5.05. The molecule has 1 fully saturated rings. The number of benzene rings is 2. The molecule has 1 aliphatic heterocycles. The number of likely N-dealkylation sites (tertiary alicyclic amines) is 1. The summed E-state index contributed by atoms with van der Waals surface area (Å²) in [6.45, 7) is 5.66. The van der Waals surface area contributed by atoms with E-state index >= 15 is 0 Å². The highest BCUT2D eigenvalue weighted by molar-refractivity contribution is 5.95. The van der Waals surface area contributed by atoms with Crippen molar-refractivity contribution in [3.8, 4) is 0 Å². The molecule has 2 amide bonds. The molecule has 0 spiro atoms. The molecular weight excluding hydrogens is 418 g/mol. The molecule has 4 rings (SSSR count). The number of anilines is 1. The molecule has 172 valence electrons. The number of aromatic nitrogens is 3. The predicted molar refractivity (Wildman–Crippen MR) is 126 cm³/mol. The number of amides is 2. The number of hydrogen-bond donors (Lipinski definition) is 1. The van der Waals surface area contributed by atoms with Crippen molar-refractivity contribution in [3.05, 3.63) is 82.0 Å². The Balaban J connectivity index is 1.43. The number of hydrogen-bond acceptors (Lipinski definition) is 4. The molecule has 1 aliphatic rings. The summed E-state index contributed by atoms with van der Waals surface area (Å²) in [5.41, 5.74) is 2.22. The van der Waals surface area contributed by atoms with E-state index in [-0.39, 0.29) is 23.4 Å². The minimum atomic E-state index is -0.145. The molecule has 8 nitrogen and oxygen atoms in total. The SMILES string of the molecule is CCn1c(C2CCN(C(=O)c3ccc(NC(C)=O)cc3)CC2)nn(Cc2ccccc2)c1=O. The average molecular weight is 448 g/mol. The summed E-state index contributed by atoms with van der Waals surface area (Å²) in [5, 5.41) is 7.40. The number of carbonyl (C=O) groups is 2. The minimum Gasteiger partial charge on any atom is -0.339 e. The van der Waals surface area contributed by atoms with Gasteiger partial charge in [-0.3, -0.25) is 14.2 Å². The first-order valence-electron chi connectivity index (χ1n) is 11.3. The van der Waals surface area contributed by atoms with Crippen LogP contribution < -0.4 is 11.0 Å². The van der Waals surface area contributed by atoms with Gasteiger partial charge >= 0.3 is 5.69 Å². The lowest BCUT2D eigenvalue weighted by Crippen LogP contribution is -2.38. The maximum absolute atomic E-state index is 12.9. The largest absolute Gasteiger partial charge is 0.346 e. The van der Waals surface area contributed by atoms with Crippen molar-refractivity contribution >= 4 is 17.5 Å². The van der Waals surface area contributed by atoms with Crippen LogP contribution in [-0.2, 0) is 17.9 Å². The van der Waals surface area contributed by atoms with Crippen LogP contribution >= 0.6 is 0 Å². The van der Waals surface area contributed by atoms with Crippen LogP contribution in [0.5, 0.6) is 0 Å². The van der Waals surface area contributed by atoms with Gasteiger partial charge in [-0.15, -0.1) is 0 Å².